The van der Waals surface area contributed by atoms with Gasteiger partial charge in [-0.3, -0.25) is 0 Å². The molecule has 0 unspecified atom stereocenters. The van der Waals surface area contributed by atoms with Crippen LogP contribution in [0.3, 0.4) is 0 Å². The minimum absolute atomic E-state index is 0.143. The molecule has 0 amide bonds. The number of benzene rings is 2. The maximum Gasteiger partial charge on any atom is 0.417 e. The normalized spacial score (nSPS) is 12.5. The highest BCUT2D eigenvalue weighted by molar-refractivity contribution is 8.76. The van der Waals surface area contributed by atoms with Gasteiger partial charge in [-0.05, 0) is 45.9 Å². The second-order valence-electron chi connectivity index (χ2n) is 5.83. The molecule has 2 aromatic carbocycles. The molecule has 0 aliphatic carbocycles. The fraction of sp³-hybridized carbons (Fsp3) is 0.333. The third-order valence-corrected chi connectivity index (χ3v) is 6.02. The van der Waals surface area contributed by atoms with Gasteiger partial charge in [-0.25, -0.2) is 17.6 Å². The predicted molar refractivity (Wildman–Crippen MR) is 97.6 cm³/mol. The van der Waals surface area contributed by atoms with E-state index in [1.165, 1.54) is 0 Å². The summed E-state index contributed by atoms with van der Waals surface area (Å²) in [5.74, 6) is -1.26. The van der Waals surface area contributed by atoms with Crippen LogP contribution in [0.1, 0.15) is 11.1 Å². The first-order valence-electron chi connectivity index (χ1n) is 8.37. The lowest BCUT2D eigenvalue weighted by molar-refractivity contribution is -0.140. The van der Waals surface area contributed by atoms with Crippen LogP contribution in [0.15, 0.2) is 46.2 Å². The standard InChI is InChI=1S/C18H12F10O2S2/c19-13(20)7-29-11-5-1-3-9(17(23,24)25)15(11)31-32-16-10(18(26,27)28)4-2-6-12(16)30-8-14(21)22/h1-6,13-14H,7-8H2. The number of alkyl halides is 10. The summed E-state index contributed by atoms with van der Waals surface area (Å²) in [6, 6.07) is 4.87. The Kier molecular flexibility index (Phi) is 8.85. The van der Waals surface area contributed by atoms with E-state index >= 15 is 0 Å². The molecule has 0 bridgehead atoms. The first-order chi connectivity index (χ1) is 14.8. The van der Waals surface area contributed by atoms with Crippen LogP contribution in [-0.2, 0) is 12.4 Å². The third-order valence-electron chi connectivity index (χ3n) is 3.51. The third kappa shape index (κ3) is 7.29. The average molecular weight is 514 g/mol. The molecular weight excluding hydrogens is 502 g/mol. The van der Waals surface area contributed by atoms with Gasteiger partial charge in [0.2, 0.25) is 0 Å². The summed E-state index contributed by atoms with van der Waals surface area (Å²) in [7, 11) is 0.287. The molecule has 0 aromatic heterocycles. The molecule has 0 atom stereocenters. The molecule has 2 nitrogen and oxygen atoms in total. The smallest absolute Gasteiger partial charge is 0.417 e. The lowest BCUT2D eigenvalue weighted by Crippen LogP contribution is -2.12. The fourth-order valence-electron chi connectivity index (χ4n) is 2.27. The molecule has 178 valence electrons. The minimum Gasteiger partial charge on any atom is -0.486 e. The van der Waals surface area contributed by atoms with Crippen LogP contribution in [0.2, 0.25) is 0 Å². The molecule has 0 saturated heterocycles. The maximum absolute atomic E-state index is 13.4. The van der Waals surface area contributed by atoms with E-state index < -0.39 is 70.8 Å². The topological polar surface area (TPSA) is 18.5 Å². The molecule has 0 heterocycles. The zero-order valence-electron chi connectivity index (χ0n) is 15.4. The van der Waals surface area contributed by atoms with E-state index in [1.54, 1.807) is 0 Å². The van der Waals surface area contributed by atoms with Gasteiger partial charge in [-0.15, -0.1) is 0 Å². The Morgan fingerprint density at radius 1 is 0.625 bits per heavy atom. The van der Waals surface area contributed by atoms with E-state index in [0.29, 0.717) is 12.1 Å². The summed E-state index contributed by atoms with van der Waals surface area (Å²) in [5, 5.41) is 0. The van der Waals surface area contributed by atoms with Crippen molar-refractivity contribution in [1.29, 1.82) is 0 Å². The lowest BCUT2D eigenvalue weighted by atomic mass is 10.2. The molecule has 0 aliphatic rings. The van der Waals surface area contributed by atoms with Gasteiger partial charge in [-0.2, -0.15) is 26.3 Å². The minimum atomic E-state index is -4.98. The van der Waals surface area contributed by atoms with Crippen LogP contribution in [0, 0.1) is 0 Å². The van der Waals surface area contributed by atoms with Gasteiger partial charge in [0.25, 0.3) is 12.9 Å². The van der Waals surface area contributed by atoms with Gasteiger partial charge in [0.15, 0.2) is 0 Å². The Labute approximate surface area is 182 Å². The average Bonchev–Trinajstić information content (AvgIpc) is 2.67. The molecule has 14 heteroatoms. The molecule has 0 aliphatic heterocycles. The van der Waals surface area contributed by atoms with E-state index in [-0.39, 0.29) is 21.6 Å². The van der Waals surface area contributed by atoms with Crippen LogP contribution < -0.4 is 9.47 Å². The van der Waals surface area contributed by atoms with Gasteiger partial charge in [0.1, 0.15) is 24.7 Å². The molecule has 2 aromatic rings. The monoisotopic (exact) mass is 514 g/mol. The Bertz CT molecular complexity index is 827. The van der Waals surface area contributed by atoms with Crippen molar-refractivity contribution in [2.24, 2.45) is 0 Å². The van der Waals surface area contributed by atoms with E-state index in [1.807, 2.05) is 0 Å². The number of hydrogen-bond acceptors (Lipinski definition) is 4. The van der Waals surface area contributed by atoms with Gasteiger partial charge in [0, 0.05) is 0 Å². The van der Waals surface area contributed by atoms with Gasteiger partial charge >= 0.3 is 12.4 Å². The number of rotatable bonds is 9. The zero-order valence-corrected chi connectivity index (χ0v) is 17.1. The molecule has 0 saturated carbocycles. The highest BCUT2D eigenvalue weighted by atomic mass is 33.1. The van der Waals surface area contributed by atoms with Crippen LogP contribution in [0.5, 0.6) is 11.5 Å². The van der Waals surface area contributed by atoms with Crippen LogP contribution in [-0.4, -0.2) is 26.1 Å². The van der Waals surface area contributed by atoms with Crippen molar-refractivity contribution in [3.05, 3.63) is 47.5 Å². The summed E-state index contributed by atoms with van der Waals surface area (Å²) in [6.07, 6.45) is -16.0. The quantitative estimate of drug-likeness (QED) is 0.251. The van der Waals surface area contributed by atoms with Gasteiger partial charge in [0.05, 0.1) is 20.9 Å². The first kappa shape index (κ1) is 26.3. The highest BCUT2D eigenvalue weighted by Crippen LogP contribution is 2.52. The molecule has 32 heavy (non-hydrogen) atoms. The highest BCUT2D eigenvalue weighted by Gasteiger charge is 2.38. The van der Waals surface area contributed by atoms with E-state index in [2.05, 4.69) is 0 Å². The Morgan fingerprint density at radius 3 is 1.25 bits per heavy atom. The van der Waals surface area contributed by atoms with Crippen LogP contribution in [0.4, 0.5) is 43.9 Å². The molecule has 2 rings (SSSR count). The van der Waals surface area contributed by atoms with Gasteiger partial charge in [-0.1, -0.05) is 12.1 Å². The van der Waals surface area contributed by atoms with Crippen molar-refractivity contribution in [3.63, 3.8) is 0 Å². The van der Waals surface area contributed by atoms with E-state index in [0.717, 1.165) is 24.3 Å². The summed E-state index contributed by atoms with van der Waals surface area (Å²) in [5.41, 5.74) is -2.66. The van der Waals surface area contributed by atoms with Crippen molar-refractivity contribution in [2.45, 2.75) is 35.0 Å². The molecule has 0 fully saturated rings. The fourth-order valence-corrected chi connectivity index (χ4v) is 4.93. The van der Waals surface area contributed by atoms with Crippen molar-refractivity contribution >= 4 is 21.6 Å². The van der Waals surface area contributed by atoms with E-state index in [9.17, 15) is 43.9 Å². The Hall–Kier alpha value is -1.96. The summed E-state index contributed by atoms with van der Waals surface area (Å²) in [6.45, 7) is -2.50. The number of ether oxygens (including phenoxy) is 2. The summed E-state index contributed by atoms with van der Waals surface area (Å²) >= 11 is 0. The molecule has 0 N–H and O–H groups in total. The Balaban J connectivity index is 2.48. The van der Waals surface area contributed by atoms with E-state index in [4.69, 9.17) is 9.47 Å². The first-order valence-corrected chi connectivity index (χ1v) is 10.5. The molecular formula is C18H12F10O2S2. The van der Waals surface area contributed by atoms with Crippen molar-refractivity contribution in [2.75, 3.05) is 13.2 Å². The van der Waals surface area contributed by atoms with Crippen LogP contribution >= 0.6 is 21.6 Å². The zero-order chi connectivity index (χ0) is 24.1. The molecule has 0 spiro atoms. The Morgan fingerprint density at radius 2 is 0.969 bits per heavy atom. The predicted octanol–water partition coefficient (Wildman–Crippen LogP) is 7.81. The SMILES string of the molecule is FC(F)COc1cccc(C(F)(F)F)c1SSc1c(OCC(F)F)cccc1C(F)(F)F. The van der Waals surface area contributed by atoms with Gasteiger partial charge < -0.3 is 9.47 Å². The molecule has 0 radical (unpaired) electrons. The number of hydrogen-bond donors (Lipinski definition) is 0. The maximum atomic E-state index is 13.4. The van der Waals surface area contributed by atoms with Crippen LogP contribution in [0.25, 0.3) is 0 Å². The lowest BCUT2D eigenvalue weighted by Gasteiger charge is -2.19. The second-order valence-corrected chi connectivity index (χ2v) is 7.98. The van der Waals surface area contributed by atoms with Crippen molar-refractivity contribution in [1.82, 2.24) is 0 Å². The number of halogens is 10. The van der Waals surface area contributed by atoms with Crippen molar-refractivity contribution in [3.8, 4) is 11.5 Å². The summed E-state index contributed by atoms with van der Waals surface area (Å²) in [4.78, 5) is -1.52. The second kappa shape index (κ2) is 10.8. The largest absolute Gasteiger partial charge is 0.486 e. The van der Waals surface area contributed by atoms with Crippen molar-refractivity contribution < 1.29 is 53.4 Å². The summed E-state index contributed by atoms with van der Waals surface area (Å²) < 4.78 is 140.